The molecule has 0 spiro atoms. The molecule has 0 aromatic carbocycles. The van der Waals surface area contributed by atoms with E-state index in [4.69, 9.17) is 0 Å². The molecule has 13 heteroatoms. The fourth-order valence-electron chi connectivity index (χ4n) is 2.13. The molecule has 6 radical (unpaired) electrons. The summed E-state index contributed by atoms with van der Waals surface area (Å²) in [6.07, 6.45) is -3.11. The van der Waals surface area contributed by atoms with Gasteiger partial charge in [0.1, 0.15) is 0 Å². The van der Waals surface area contributed by atoms with Crippen molar-refractivity contribution in [1.82, 2.24) is 0 Å². The van der Waals surface area contributed by atoms with Crippen molar-refractivity contribution in [3.05, 3.63) is 0 Å². The summed E-state index contributed by atoms with van der Waals surface area (Å²) in [5.74, 6) is -12.4. The average molecular weight is 475 g/mol. The van der Waals surface area contributed by atoms with Crippen LogP contribution in [0.15, 0.2) is 0 Å². The third-order valence-electron chi connectivity index (χ3n) is 3.91. The molecular formula is C16H24B2F6NiO4. The van der Waals surface area contributed by atoms with E-state index in [2.05, 4.69) is 0 Å². The molecule has 0 bridgehead atoms. The van der Waals surface area contributed by atoms with E-state index in [0.717, 1.165) is 13.8 Å². The summed E-state index contributed by atoms with van der Waals surface area (Å²) in [7, 11) is 0. The molecule has 0 amide bonds. The Balaban J connectivity index is -0.000000120. The van der Waals surface area contributed by atoms with Gasteiger partial charge in [0, 0.05) is 29.7 Å². The van der Waals surface area contributed by atoms with Gasteiger partial charge in [-0.2, -0.15) is 0 Å². The fourth-order valence-corrected chi connectivity index (χ4v) is 2.13. The summed E-state index contributed by atoms with van der Waals surface area (Å²) >= 11 is 0. The van der Waals surface area contributed by atoms with Crippen LogP contribution < -0.4 is 10.2 Å². The van der Waals surface area contributed by atoms with Gasteiger partial charge in [-0.1, -0.05) is 40.5 Å². The van der Waals surface area contributed by atoms with E-state index in [1.807, 2.05) is 0 Å². The van der Waals surface area contributed by atoms with E-state index >= 15 is 0 Å². The Hall–Kier alpha value is -0.857. The summed E-state index contributed by atoms with van der Waals surface area (Å²) in [5.41, 5.74) is -7.08. The maximum Gasteiger partial charge on any atom is 2.00 e. The minimum absolute atomic E-state index is 0. The van der Waals surface area contributed by atoms with E-state index in [0.29, 0.717) is 0 Å². The summed E-state index contributed by atoms with van der Waals surface area (Å²) in [4.78, 5) is 20.4. The van der Waals surface area contributed by atoms with Gasteiger partial charge < -0.3 is 19.8 Å². The molecule has 4 nitrogen and oxygen atoms in total. The van der Waals surface area contributed by atoms with Crippen LogP contribution in [-0.2, 0) is 26.1 Å². The van der Waals surface area contributed by atoms with Gasteiger partial charge >= 0.3 is 16.5 Å². The zero-order valence-corrected chi connectivity index (χ0v) is 17.6. The topological polar surface area (TPSA) is 80.3 Å². The smallest absolute Gasteiger partial charge is 0.546 e. The maximum absolute atomic E-state index is 13.2. The van der Waals surface area contributed by atoms with Crippen LogP contribution in [0.25, 0.3) is 0 Å². The molecule has 0 heterocycles. The molecular weight excluding hydrogens is 450 g/mol. The van der Waals surface area contributed by atoms with Gasteiger partial charge in [-0.25, -0.2) is 26.3 Å². The molecule has 0 N–H and O–H groups in total. The summed E-state index contributed by atoms with van der Waals surface area (Å²) in [6, 6.07) is 0. The molecule has 2 atom stereocenters. The van der Waals surface area contributed by atoms with Crippen molar-refractivity contribution in [1.29, 1.82) is 0 Å². The van der Waals surface area contributed by atoms with Crippen LogP contribution in [0.4, 0.5) is 26.3 Å². The first-order valence-corrected chi connectivity index (χ1v) is 8.19. The molecule has 0 aliphatic rings. The molecule has 2 unspecified atom stereocenters. The van der Waals surface area contributed by atoms with E-state index in [1.54, 1.807) is 0 Å². The van der Waals surface area contributed by atoms with Crippen molar-refractivity contribution in [2.45, 2.75) is 89.4 Å². The number of rotatable bonds is 10. The van der Waals surface area contributed by atoms with Gasteiger partial charge in [0.05, 0.1) is 11.9 Å². The van der Waals surface area contributed by atoms with Gasteiger partial charge in [0.25, 0.3) is 11.8 Å². The van der Waals surface area contributed by atoms with E-state index in [-0.39, 0.29) is 46.2 Å². The third-order valence-corrected chi connectivity index (χ3v) is 3.91. The first-order chi connectivity index (χ1) is 11.6. The van der Waals surface area contributed by atoms with Crippen molar-refractivity contribution in [2.24, 2.45) is 0 Å². The van der Waals surface area contributed by atoms with Crippen LogP contribution >= 0.6 is 0 Å². The second-order valence-electron chi connectivity index (χ2n) is 5.79. The van der Waals surface area contributed by atoms with E-state index < -0.39 is 60.8 Å². The van der Waals surface area contributed by atoms with Crippen molar-refractivity contribution < 1.29 is 62.6 Å². The Bertz CT molecular complexity index is 446. The zero-order valence-electron chi connectivity index (χ0n) is 16.6. The number of carbonyl (C=O) groups is 2. The molecule has 170 valence electrons. The first kappa shape index (κ1) is 38.7. The average Bonchev–Trinajstić information content (AvgIpc) is 2.52. The predicted octanol–water partition coefficient (Wildman–Crippen LogP) is 1.82. The monoisotopic (exact) mass is 474 g/mol. The molecule has 0 saturated heterocycles. The van der Waals surface area contributed by atoms with Gasteiger partial charge in [-0.05, 0) is 12.8 Å². The molecule has 0 aliphatic heterocycles. The molecule has 0 saturated carbocycles. The number of hydrogen-bond acceptors (Lipinski definition) is 4. The number of halogens is 6. The Kier molecular flexibility index (Phi) is 20.1. The van der Waals surface area contributed by atoms with E-state index in [9.17, 15) is 46.1 Å². The van der Waals surface area contributed by atoms with Crippen molar-refractivity contribution in [2.75, 3.05) is 0 Å². The Labute approximate surface area is 181 Å². The zero-order chi connectivity index (χ0) is 21.4. The van der Waals surface area contributed by atoms with Crippen LogP contribution in [0.3, 0.4) is 0 Å². The third kappa shape index (κ3) is 9.22. The van der Waals surface area contributed by atoms with Gasteiger partial charge in [-0.3, -0.25) is 0 Å². The predicted molar refractivity (Wildman–Crippen MR) is 89.5 cm³/mol. The van der Waals surface area contributed by atoms with Crippen LogP contribution in [0.2, 0.25) is 0 Å². The quantitative estimate of drug-likeness (QED) is 0.357. The van der Waals surface area contributed by atoms with Crippen molar-refractivity contribution >= 4 is 28.8 Å². The molecule has 0 fully saturated rings. The number of carbonyl (C=O) groups excluding carboxylic acids is 2. The number of hydrogen-bond donors (Lipinski definition) is 0. The van der Waals surface area contributed by atoms with Crippen LogP contribution in [0.5, 0.6) is 0 Å². The SMILES string of the molecule is CCCC(F)(F)C(F)(CC)C(=O)[O-].CCCC(F)(F)C(F)(CC)C(=O)[O-].[B].[B].[Ni+2]. The van der Waals surface area contributed by atoms with Crippen molar-refractivity contribution in [3.8, 4) is 0 Å². The Morgan fingerprint density at radius 3 is 0.966 bits per heavy atom. The van der Waals surface area contributed by atoms with Crippen molar-refractivity contribution in [3.63, 3.8) is 0 Å². The summed E-state index contributed by atoms with van der Waals surface area (Å²) in [6.45, 7) is 4.97. The normalized spacial score (nSPS) is 15.0. The van der Waals surface area contributed by atoms with Crippen LogP contribution in [-0.4, -0.2) is 51.9 Å². The number of carboxylic acid groups (broad SMARTS) is 2. The Morgan fingerprint density at radius 1 is 0.655 bits per heavy atom. The summed E-state index contributed by atoms with van der Waals surface area (Å²) in [5, 5.41) is 20.4. The van der Waals surface area contributed by atoms with Crippen LogP contribution in [0.1, 0.15) is 66.2 Å². The minimum Gasteiger partial charge on any atom is -0.546 e. The molecule has 0 aliphatic carbocycles. The van der Waals surface area contributed by atoms with E-state index in [1.165, 1.54) is 13.8 Å². The second-order valence-corrected chi connectivity index (χ2v) is 5.79. The van der Waals surface area contributed by atoms with Gasteiger partial charge in [0.2, 0.25) is 11.3 Å². The molecule has 0 aromatic rings. The van der Waals surface area contributed by atoms with Crippen LogP contribution in [0, 0.1) is 0 Å². The van der Waals surface area contributed by atoms with Gasteiger partial charge in [0.15, 0.2) is 0 Å². The first-order valence-electron chi connectivity index (χ1n) is 8.19. The molecule has 29 heavy (non-hydrogen) atoms. The second kappa shape index (κ2) is 15.0. The summed E-state index contributed by atoms with van der Waals surface area (Å²) < 4.78 is 78.1. The standard InChI is InChI=1S/2C8H13F3O2.2B.Ni/c2*1-3-5-8(10,11)7(9,4-2)6(12)13;;;/h2*3-5H2,1-2H3,(H,12,13);;;/q;;;;+2/p-2. The Morgan fingerprint density at radius 2 is 0.862 bits per heavy atom. The fraction of sp³-hybridized carbons (Fsp3) is 0.875. The number of alkyl halides is 6. The molecule has 0 rings (SSSR count). The number of aliphatic carboxylic acids is 2. The largest absolute Gasteiger partial charge is 2.00 e. The number of carboxylic acids is 2. The maximum atomic E-state index is 13.2. The minimum atomic E-state index is -3.85. The molecule has 0 aromatic heterocycles. The van der Waals surface area contributed by atoms with Gasteiger partial charge in [-0.15, -0.1) is 0 Å².